The fraction of sp³-hybridized carbons (Fsp3) is 0.0833. The molecule has 0 aliphatic rings. The Labute approximate surface area is 311 Å². The van der Waals surface area contributed by atoms with E-state index in [2.05, 4.69) is 130 Å². The lowest BCUT2D eigenvalue weighted by molar-refractivity contribution is 0.415. The normalized spacial score (nSPS) is 11.7. The zero-order valence-electron chi connectivity index (χ0n) is 30.4. The van der Waals surface area contributed by atoms with Gasteiger partial charge in [-0.15, -0.1) is 0 Å². The molecule has 54 heavy (non-hydrogen) atoms. The smallest absolute Gasteiger partial charge is 0.119 e. The number of fused-ring (bicyclic) bond motifs is 8. The molecule has 0 bridgehead atoms. The van der Waals surface area contributed by atoms with E-state index in [-0.39, 0.29) is 0 Å². The van der Waals surface area contributed by atoms with Crippen molar-refractivity contribution in [3.05, 3.63) is 146 Å². The van der Waals surface area contributed by atoms with Crippen molar-refractivity contribution in [1.82, 2.24) is 9.13 Å². The Hall–Kier alpha value is -6.92. The number of ether oxygens (including phenoxy) is 4. The van der Waals surface area contributed by atoms with E-state index in [4.69, 9.17) is 18.9 Å². The van der Waals surface area contributed by atoms with E-state index in [0.29, 0.717) is 0 Å². The minimum absolute atomic E-state index is 0.805. The van der Waals surface area contributed by atoms with Crippen molar-refractivity contribution in [2.24, 2.45) is 0 Å². The van der Waals surface area contributed by atoms with Gasteiger partial charge in [0.1, 0.15) is 23.0 Å². The summed E-state index contributed by atoms with van der Waals surface area (Å²) in [6.07, 6.45) is 0. The van der Waals surface area contributed by atoms with E-state index in [1.807, 2.05) is 24.3 Å². The predicted octanol–water partition coefficient (Wildman–Crippen LogP) is 11.9. The highest BCUT2D eigenvalue weighted by atomic mass is 16.5. The molecule has 10 aromatic rings. The van der Waals surface area contributed by atoms with Crippen LogP contribution in [0.2, 0.25) is 0 Å². The summed E-state index contributed by atoms with van der Waals surface area (Å²) >= 11 is 0. The van der Waals surface area contributed by atoms with Crippen LogP contribution < -0.4 is 18.9 Å². The molecule has 0 radical (unpaired) electrons. The standard InChI is InChI=1S/C48H36N2O4/c1-51-31-15-21-41-37(25-31)38-26-32(52-2)16-22-42(38)49(41)45-19-13-29-9-5-7-11-35(29)47(45)48-36-12-8-6-10-30(36)14-20-46(48)50-43-23-17-33(53-3)27-39(43)40-28-34(54-4)18-24-44(40)50/h5-28H,1-4H3. The van der Waals surface area contributed by atoms with Crippen molar-refractivity contribution < 1.29 is 18.9 Å². The van der Waals surface area contributed by atoms with Gasteiger partial charge in [0.05, 0.1) is 61.9 Å². The monoisotopic (exact) mass is 704 g/mol. The molecular weight excluding hydrogens is 669 g/mol. The number of methoxy groups -OCH3 is 4. The van der Waals surface area contributed by atoms with Crippen LogP contribution >= 0.6 is 0 Å². The van der Waals surface area contributed by atoms with Gasteiger partial charge in [0.15, 0.2) is 0 Å². The van der Waals surface area contributed by atoms with Crippen LogP contribution in [0, 0.1) is 0 Å². The van der Waals surface area contributed by atoms with Gasteiger partial charge in [0.2, 0.25) is 0 Å². The first kappa shape index (κ1) is 31.8. The van der Waals surface area contributed by atoms with Gasteiger partial charge >= 0.3 is 0 Å². The van der Waals surface area contributed by atoms with Crippen LogP contribution in [0.4, 0.5) is 0 Å². The molecule has 0 aliphatic carbocycles. The second kappa shape index (κ2) is 12.3. The fourth-order valence-corrected chi connectivity index (χ4v) is 8.41. The minimum Gasteiger partial charge on any atom is -0.497 e. The number of benzene rings is 8. The zero-order chi connectivity index (χ0) is 36.5. The van der Waals surface area contributed by atoms with E-state index in [0.717, 1.165) is 111 Å². The number of aromatic nitrogens is 2. The molecule has 0 unspecified atom stereocenters. The van der Waals surface area contributed by atoms with Crippen LogP contribution in [0.1, 0.15) is 0 Å². The molecule has 10 rings (SSSR count). The summed E-state index contributed by atoms with van der Waals surface area (Å²) in [6, 6.07) is 51.8. The lowest BCUT2D eigenvalue weighted by Crippen LogP contribution is -2.03. The van der Waals surface area contributed by atoms with Crippen molar-refractivity contribution in [3.63, 3.8) is 0 Å². The van der Waals surface area contributed by atoms with E-state index >= 15 is 0 Å². The summed E-state index contributed by atoms with van der Waals surface area (Å²) in [6.45, 7) is 0. The summed E-state index contributed by atoms with van der Waals surface area (Å²) in [4.78, 5) is 0. The van der Waals surface area contributed by atoms with Crippen LogP contribution in [-0.4, -0.2) is 37.6 Å². The fourth-order valence-electron chi connectivity index (χ4n) is 8.41. The second-order valence-corrected chi connectivity index (χ2v) is 13.6. The maximum absolute atomic E-state index is 5.74. The second-order valence-electron chi connectivity index (χ2n) is 13.6. The third-order valence-electron chi connectivity index (χ3n) is 10.9. The number of hydrogen-bond donors (Lipinski definition) is 0. The summed E-state index contributed by atoms with van der Waals surface area (Å²) in [5.41, 5.74) is 8.74. The number of nitrogens with zero attached hydrogens (tertiary/aromatic N) is 2. The molecule has 0 spiro atoms. The Bertz CT molecular complexity index is 2780. The molecule has 6 heteroatoms. The summed E-state index contributed by atoms with van der Waals surface area (Å²) in [5, 5.41) is 9.00. The van der Waals surface area contributed by atoms with Crippen LogP contribution in [-0.2, 0) is 0 Å². The minimum atomic E-state index is 0.805. The molecule has 0 amide bonds. The van der Waals surface area contributed by atoms with Gasteiger partial charge in [-0.25, -0.2) is 0 Å². The van der Waals surface area contributed by atoms with Gasteiger partial charge in [-0.1, -0.05) is 60.7 Å². The van der Waals surface area contributed by atoms with Gasteiger partial charge < -0.3 is 28.1 Å². The average molecular weight is 705 g/mol. The van der Waals surface area contributed by atoms with Crippen molar-refractivity contribution in [3.8, 4) is 45.5 Å². The molecule has 0 N–H and O–H groups in total. The number of rotatable bonds is 7. The van der Waals surface area contributed by atoms with Gasteiger partial charge in [-0.2, -0.15) is 0 Å². The first-order chi connectivity index (χ1) is 26.6. The molecule has 0 saturated heterocycles. The van der Waals surface area contributed by atoms with Crippen LogP contribution in [0.15, 0.2) is 146 Å². The molecular formula is C48H36N2O4. The molecule has 0 saturated carbocycles. The number of hydrogen-bond acceptors (Lipinski definition) is 4. The summed E-state index contributed by atoms with van der Waals surface area (Å²) < 4.78 is 27.8. The highest BCUT2D eigenvalue weighted by Crippen LogP contribution is 2.47. The Kier molecular flexibility index (Phi) is 7.27. The Morgan fingerprint density at radius 2 is 0.630 bits per heavy atom. The van der Waals surface area contributed by atoms with Crippen molar-refractivity contribution in [2.75, 3.05) is 28.4 Å². The van der Waals surface area contributed by atoms with Crippen molar-refractivity contribution >= 4 is 65.2 Å². The highest BCUT2D eigenvalue weighted by Gasteiger charge is 2.24. The van der Waals surface area contributed by atoms with E-state index < -0.39 is 0 Å². The molecule has 0 atom stereocenters. The third kappa shape index (κ3) is 4.66. The molecule has 6 nitrogen and oxygen atoms in total. The third-order valence-corrected chi connectivity index (χ3v) is 10.9. The highest BCUT2D eigenvalue weighted by molar-refractivity contribution is 6.17. The summed E-state index contributed by atoms with van der Waals surface area (Å²) in [7, 11) is 6.85. The Balaban J connectivity index is 1.40. The summed E-state index contributed by atoms with van der Waals surface area (Å²) in [5.74, 6) is 3.22. The van der Waals surface area contributed by atoms with Gasteiger partial charge in [-0.3, -0.25) is 0 Å². The van der Waals surface area contributed by atoms with E-state index in [1.165, 1.54) is 0 Å². The van der Waals surface area contributed by atoms with Crippen molar-refractivity contribution in [2.45, 2.75) is 0 Å². The Morgan fingerprint density at radius 1 is 0.315 bits per heavy atom. The Morgan fingerprint density at radius 3 is 0.944 bits per heavy atom. The molecule has 0 aliphatic heterocycles. The average Bonchev–Trinajstić information content (AvgIpc) is 3.73. The van der Waals surface area contributed by atoms with Gasteiger partial charge in [0.25, 0.3) is 0 Å². The lowest BCUT2D eigenvalue weighted by atomic mass is 9.90. The first-order valence-corrected chi connectivity index (χ1v) is 18.0. The van der Waals surface area contributed by atoms with Gasteiger partial charge in [-0.05, 0) is 106 Å². The van der Waals surface area contributed by atoms with Gasteiger partial charge in [0, 0.05) is 32.7 Å². The predicted molar refractivity (Wildman–Crippen MR) is 222 cm³/mol. The van der Waals surface area contributed by atoms with E-state index in [9.17, 15) is 0 Å². The van der Waals surface area contributed by atoms with Crippen LogP contribution in [0.5, 0.6) is 23.0 Å². The first-order valence-electron chi connectivity index (χ1n) is 18.0. The van der Waals surface area contributed by atoms with Crippen molar-refractivity contribution in [1.29, 1.82) is 0 Å². The van der Waals surface area contributed by atoms with Crippen LogP contribution in [0.25, 0.3) is 87.7 Å². The molecule has 262 valence electrons. The zero-order valence-corrected chi connectivity index (χ0v) is 30.4. The maximum atomic E-state index is 5.74. The van der Waals surface area contributed by atoms with E-state index in [1.54, 1.807) is 28.4 Å². The molecule has 0 fully saturated rings. The quantitative estimate of drug-likeness (QED) is 0.166. The molecule has 2 heterocycles. The topological polar surface area (TPSA) is 46.8 Å². The lowest BCUT2D eigenvalue weighted by Gasteiger charge is -2.22. The SMILES string of the molecule is COc1ccc2c(c1)c1cc(OC)ccc1n2-c1ccc2ccccc2c1-c1c(-n2c3ccc(OC)cc3c3cc(OC)ccc32)ccc2ccccc12. The van der Waals surface area contributed by atoms with Crippen LogP contribution in [0.3, 0.4) is 0 Å². The largest absolute Gasteiger partial charge is 0.497 e. The molecule has 8 aromatic carbocycles. The maximum Gasteiger partial charge on any atom is 0.119 e. The molecule has 2 aromatic heterocycles.